The molecule has 0 aromatic heterocycles. The van der Waals surface area contributed by atoms with Crippen molar-refractivity contribution in [3.63, 3.8) is 0 Å². The molecule has 1 amide bonds. The first-order valence-electron chi connectivity index (χ1n) is 9.48. The number of rotatable bonds is 6. The number of amides is 1. The van der Waals surface area contributed by atoms with E-state index in [2.05, 4.69) is 15.6 Å². The third-order valence-electron chi connectivity index (χ3n) is 4.82. The summed E-state index contributed by atoms with van der Waals surface area (Å²) in [6, 6.07) is 7.99. The number of carbonyl (C=O) groups is 1. The lowest BCUT2D eigenvalue weighted by atomic mass is 10.0. The topological polar surface area (TPSA) is 66.0 Å². The average molecular weight is 395 g/mol. The monoisotopic (exact) mass is 394 g/mol. The van der Waals surface area contributed by atoms with Crippen LogP contribution in [0, 0.1) is 5.92 Å². The van der Waals surface area contributed by atoms with E-state index < -0.39 is 0 Å². The van der Waals surface area contributed by atoms with E-state index in [0.29, 0.717) is 17.6 Å². The van der Waals surface area contributed by atoms with Gasteiger partial charge in [-0.1, -0.05) is 37.6 Å². The van der Waals surface area contributed by atoms with Crippen LogP contribution in [0.4, 0.5) is 0 Å². The van der Waals surface area contributed by atoms with Crippen molar-refractivity contribution in [2.75, 3.05) is 33.8 Å². The van der Waals surface area contributed by atoms with Crippen molar-refractivity contribution in [1.82, 2.24) is 15.5 Å². The summed E-state index contributed by atoms with van der Waals surface area (Å²) in [5, 5.41) is 7.48. The Morgan fingerprint density at radius 3 is 2.63 bits per heavy atom. The molecule has 1 aromatic carbocycles. The van der Waals surface area contributed by atoms with E-state index in [4.69, 9.17) is 16.3 Å². The lowest BCUT2D eigenvalue weighted by molar-refractivity contribution is -0.135. The Kier molecular flexibility index (Phi) is 8.38. The molecule has 1 aliphatic heterocycles. The van der Waals surface area contributed by atoms with Gasteiger partial charge in [-0.3, -0.25) is 9.79 Å². The zero-order valence-electron chi connectivity index (χ0n) is 16.7. The van der Waals surface area contributed by atoms with E-state index in [0.717, 1.165) is 37.5 Å². The smallest absolute Gasteiger partial charge is 0.225 e. The Hall–Kier alpha value is -1.79. The van der Waals surface area contributed by atoms with E-state index in [9.17, 15) is 4.79 Å². The number of nitrogens with zero attached hydrogens (tertiary/aromatic N) is 2. The summed E-state index contributed by atoms with van der Waals surface area (Å²) < 4.78 is 5.59. The summed E-state index contributed by atoms with van der Waals surface area (Å²) in [6.07, 6.45) is 1.72. The van der Waals surface area contributed by atoms with Gasteiger partial charge in [0.15, 0.2) is 5.96 Å². The van der Waals surface area contributed by atoms with Crippen molar-refractivity contribution < 1.29 is 9.53 Å². The van der Waals surface area contributed by atoms with E-state index in [1.165, 1.54) is 0 Å². The van der Waals surface area contributed by atoms with E-state index in [-0.39, 0.29) is 17.9 Å². The van der Waals surface area contributed by atoms with Gasteiger partial charge >= 0.3 is 0 Å². The fourth-order valence-electron chi connectivity index (χ4n) is 3.23. The zero-order chi connectivity index (χ0) is 19.8. The summed E-state index contributed by atoms with van der Waals surface area (Å²) >= 11 is 6.08. The Labute approximate surface area is 167 Å². The van der Waals surface area contributed by atoms with Crippen LogP contribution in [0.5, 0.6) is 0 Å². The molecule has 0 bridgehead atoms. The second-order valence-corrected chi connectivity index (χ2v) is 7.57. The molecule has 6 nitrogen and oxygen atoms in total. The maximum atomic E-state index is 12.1. The third kappa shape index (κ3) is 6.40. The minimum Gasteiger partial charge on any atom is -0.375 e. The normalized spacial score (nSPS) is 17.1. The summed E-state index contributed by atoms with van der Waals surface area (Å²) in [4.78, 5) is 18.4. The molecule has 1 unspecified atom stereocenters. The van der Waals surface area contributed by atoms with Gasteiger partial charge in [-0.15, -0.1) is 0 Å². The number of halogens is 1. The molecule has 1 atom stereocenters. The molecule has 7 heteroatoms. The molecule has 2 N–H and O–H groups in total. The van der Waals surface area contributed by atoms with Crippen LogP contribution in [-0.4, -0.2) is 56.6 Å². The maximum absolute atomic E-state index is 12.1. The minimum absolute atomic E-state index is 0.0569. The van der Waals surface area contributed by atoms with E-state index in [1.54, 1.807) is 14.2 Å². The Morgan fingerprint density at radius 2 is 2.07 bits per heavy atom. The highest BCUT2D eigenvalue weighted by molar-refractivity contribution is 6.30. The first kappa shape index (κ1) is 21.5. The maximum Gasteiger partial charge on any atom is 0.225 e. The van der Waals surface area contributed by atoms with Crippen LogP contribution >= 0.6 is 11.6 Å². The van der Waals surface area contributed by atoms with Crippen LogP contribution in [-0.2, 0) is 9.53 Å². The number of benzene rings is 1. The second-order valence-electron chi connectivity index (χ2n) is 7.13. The predicted octanol–water partition coefficient (Wildman–Crippen LogP) is 2.84. The minimum atomic E-state index is -0.118. The van der Waals surface area contributed by atoms with Gasteiger partial charge in [-0.2, -0.15) is 0 Å². The number of ether oxygens (including phenoxy) is 1. The molecule has 1 aromatic rings. The van der Waals surface area contributed by atoms with Crippen LogP contribution in [0.1, 0.15) is 38.4 Å². The average Bonchev–Trinajstić information content (AvgIpc) is 2.67. The third-order valence-corrected chi connectivity index (χ3v) is 5.06. The summed E-state index contributed by atoms with van der Waals surface area (Å²) in [5.41, 5.74) is 1.02. The number of methoxy groups -OCH3 is 1. The first-order valence-corrected chi connectivity index (χ1v) is 9.86. The van der Waals surface area contributed by atoms with Gasteiger partial charge in [0.1, 0.15) is 0 Å². The zero-order valence-corrected chi connectivity index (χ0v) is 17.4. The van der Waals surface area contributed by atoms with Gasteiger partial charge in [0.05, 0.1) is 6.10 Å². The Balaban J connectivity index is 1.83. The molecule has 1 aliphatic rings. The summed E-state index contributed by atoms with van der Waals surface area (Å²) in [7, 11) is 3.44. The predicted molar refractivity (Wildman–Crippen MR) is 110 cm³/mol. The van der Waals surface area contributed by atoms with Crippen LogP contribution in [0.2, 0.25) is 5.02 Å². The van der Waals surface area contributed by atoms with Gasteiger partial charge in [0, 0.05) is 50.8 Å². The van der Waals surface area contributed by atoms with Crippen LogP contribution in [0.15, 0.2) is 29.3 Å². The Morgan fingerprint density at radius 1 is 1.37 bits per heavy atom. The number of nitrogens with one attached hydrogen (secondary N) is 2. The molecule has 0 saturated carbocycles. The second kappa shape index (κ2) is 10.5. The number of hydrogen-bond donors (Lipinski definition) is 2. The first-order chi connectivity index (χ1) is 12.9. The largest absolute Gasteiger partial charge is 0.375 e. The highest BCUT2D eigenvalue weighted by atomic mass is 35.5. The van der Waals surface area contributed by atoms with Gasteiger partial charge in [-0.05, 0) is 30.5 Å². The fraction of sp³-hybridized carbons (Fsp3) is 0.600. The van der Waals surface area contributed by atoms with Gasteiger partial charge < -0.3 is 20.3 Å². The lowest BCUT2D eigenvalue weighted by Crippen LogP contribution is -2.50. The Bertz CT molecular complexity index is 643. The number of aliphatic imine (C=N–C) groups is 1. The van der Waals surface area contributed by atoms with Gasteiger partial charge in [0.2, 0.25) is 5.91 Å². The molecule has 0 aliphatic carbocycles. The number of piperidine rings is 1. The lowest BCUT2D eigenvalue weighted by Gasteiger charge is -2.34. The number of likely N-dealkylation sites (tertiary alicyclic amines) is 1. The van der Waals surface area contributed by atoms with Gasteiger partial charge in [0.25, 0.3) is 0 Å². The molecule has 2 rings (SSSR count). The highest BCUT2D eigenvalue weighted by Gasteiger charge is 2.24. The van der Waals surface area contributed by atoms with E-state index >= 15 is 0 Å². The van der Waals surface area contributed by atoms with E-state index in [1.807, 2.05) is 43.0 Å². The number of hydrogen-bond acceptors (Lipinski definition) is 3. The van der Waals surface area contributed by atoms with Crippen LogP contribution in [0.3, 0.4) is 0 Å². The molecule has 1 saturated heterocycles. The molecule has 1 heterocycles. The van der Waals surface area contributed by atoms with Crippen LogP contribution < -0.4 is 10.6 Å². The molecule has 1 fully saturated rings. The molecule has 0 radical (unpaired) electrons. The highest BCUT2D eigenvalue weighted by Crippen LogP contribution is 2.20. The summed E-state index contributed by atoms with van der Waals surface area (Å²) in [6.45, 7) is 6.06. The van der Waals surface area contributed by atoms with Crippen molar-refractivity contribution in [3.05, 3.63) is 34.9 Å². The quantitative estimate of drug-likeness (QED) is 0.575. The number of guanidine groups is 1. The molecular formula is C20H31ClN4O2. The van der Waals surface area contributed by atoms with Crippen molar-refractivity contribution in [2.45, 2.75) is 38.8 Å². The molecule has 150 valence electrons. The standard InChI is InChI=1S/C20H31ClN4O2/c1-14(2)19(26)25-10-8-17(9-11-25)24-20(22-3)23-13-18(27-4)15-6-5-7-16(21)12-15/h5-7,12,14,17-18H,8-11,13H2,1-4H3,(H2,22,23,24). The molecular weight excluding hydrogens is 364 g/mol. The van der Waals surface area contributed by atoms with Crippen molar-refractivity contribution in [2.24, 2.45) is 10.9 Å². The molecule has 0 spiro atoms. The van der Waals surface area contributed by atoms with Gasteiger partial charge in [-0.25, -0.2) is 0 Å². The fourth-order valence-corrected chi connectivity index (χ4v) is 3.43. The van der Waals surface area contributed by atoms with Crippen molar-refractivity contribution >= 4 is 23.5 Å². The van der Waals surface area contributed by atoms with Crippen LogP contribution in [0.25, 0.3) is 0 Å². The number of carbonyl (C=O) groups excluding carboxylic acids is 1. The van der Waals surface area contributed by atoms with Crippen molar-refractivity contribution in [1.29, 1.82) is 0 Å². The van der Waals surface area contributed by atoms with Crippen molar-refractivity contribution in [3.8, 4) is 0 Å². The summed E-state index contributed by atoms with van der Waals surface area (Å²) in [5.74, 6) is 1.04. The SMILES string of the molecule is CN=C(NCC(OC)c1cccc(Cl)c1)NC1CCN(C(=O)C(C)C)CC1. The molecule has 27 heavy (non-hydrogen) atoms.